The highest BCUT2D eigenvalue weighted by atomic mass is 32.2. The van der Waals surface area contributed by atoms with Crippen molar-refractivity contribution in [2.24, 2.45) is 57.7 Å². The van der Waals surface area contributed by atoms with Crippen molar-refractivity contribution < 1.29 is 120 Å². The van der Waals surface area contributed by atoms with Gasteiger partial charge in [0.2, 0.25) is 0 Å². The minimum absolute atomic E-state index is 0.0248. The van der Waals surface area contributed by atoms with E-state index in [0.29, 0.717) is 93.1 Å². The number of ketones is 1. The van der Waals surface area contributed by atoms with Crippen LogP contribution in [0.4, 0.5) is 52.7 Å². The largest absolute Gasteiger partial charge is 0.748 e. The lowest BCUT2D eigenvalue weighted by atomic mass is 9.49. The molecule has 8 saturated carbocycles. The molecule has 33 heteroatoms. The number of hydrogen-bond acceptors (Lipinski definition) is 15. The molecule has 9 aliphatic rings. The predicted molar refractivity (Wildman–Crippen MR) is 417 cm³/mol. The van der Waals surface area contributed by atoms with Crippen LogP contribution in [0.25, 0.3) is 0 Å². The fourth-order valence-electron chi connectivity index (χ4n) is 18.5. The van der Waals surface area contributed by atoms with E-state index in [0.717, 1.165) is 74.9 Å². The van der Waals surface area contributed by atoms with Gasteiger partial charge < -0.3 is 27.9 Å². The second-order valence-corrected chi connectivity index (χ2v) is 42.0. The zero-order chi connectivity index (χ0) is 86.6. The van der Waals surface area contributed by atoms with Crippen LogP contribution in [0.3, 0.4) is 0 Å². The van der Waals surface area contributed by atoms with Crippen LogP contribution < -0.4 is 0 Å². The molecule has 1 heterocycles. The molecule has 7 atom stereocenters. The van der Waals surface area contributed by atoms with Crippen LogP contribution in [-0.4, -0.2) is 99.3 Å². The first kappa shape index (κ1) is 90.7. The van der Waals surface area contributed by atoms with Crippen LogP contribution in [0.15, 0.2) is 244 Å². The fourth-order valence-corrected chi connectivity index (χ4v) is 26.9. The maximum Gasteiger partial charge on any atom is 0.320 e. The smallest absolute Gasteiger partial charge is 0.320 e. The summed E-state index contributed by atoms with van der Waals surface area (Å²) in [5, 5.41) is 0. The molecule has 638 valence electrons. The van der Waals surface area contributed by atoms with Gasteiger partial charge in [-0.3, -0.25) is 14.4 Å². The van der Waals surface area contributed by atoms with Crippen molar-refractivity contribution in [2.45, 2.75) is 141 Å². The molecule has 0 N–H and O–H groups in total. The van der Waals surface area contributed by atoms with E-state index in [1.165, 1.54) is 92.1 Å². The first-order valence-corrected chi connectivity index (χ1v) is 46.4. The molecular formula is C87H80F12O15S6. The predicted octanol–water partition coefficient (Wildman–Crippen LogP) is 17.7. The zero-order valence-corrected chi connectivity index (χ0v) is 69.1. The lowest BCUT2D eigenvalue weighted by molar-refractivity contribution is -0.170. The summed E-state index contributed by atoms with van der Waals surface area (Å²) in [6.45, 7) is 4.24. The van der Waals surface area contributed by atoms with Crippen molar-refractivity contribution >= 4 is 80.8 Å². The number of esters is 2. The lowest BCUT2D eigenvalue weighted by Crippen LogP contribution is -2.50. The highest BCUT2D eigenvalue weighted by molar-refractivity contribution is 7.97. The Bertz CT molecular complexity index is 4940. The summed E-state index contributed by atoms with van der Waals surface area (Å²) in [4.78, 5) is 39.5. The first-order chi connectivity index (χ1) is 56.6. The molecule has 8 aliphatic carbocycles. The number of carbonyl (C=O) groups is 3. The van der Waals surface area contributed by atoms with Crippen molar-refractivity contribution in [3.8, 4) is 0 Å². The average molecular weight is 1790 g/mol. The van der Waals surface area contributed by atoms with Gasteiger partial charge in [-0.15, -0.1) is 0 Å². The topological polar surface area (TPSA) is 250 Å². The van der Waals surface area contributed by atoms with Gasteiger partial charge in [0, 0.05) is 121 Å². The Morgan fingerprint density at radius 1 is 0.442 bits per heavy atom. The van der Waals surface area contributed by atoms with Crippen molar-refractivity contribution in [3.63, 3.8) is 0 Å². The fraction of sp³-hybridized carbons (Fsp3) is 0.345. The summed E-state index contributed by atoms with van der Waals surface area (Å²) in [5.74, 6) is -8.77. The Hall–Kier alpha value is -8.51. The molecule has 0 spiro atoms. The van der Waals surface area contributed by atoms with Crippen molar-refractivity contribution in [2.75, 3.05) is 30.5 Å². The van der Waals surface area contributed by atoms with Crippen molar-refractivity contribution in [3.05, 3.63) is 270 Å². The number of carbonyl (C=O) groups excluding carboxylic acids is 3. The summed E-state index contributed by atoms with van der Waals surface area (Å²) in [6, 6.07) is 45.3. The van der Waals surface area contributed by atoms with Crippen LogP contribution in [0.1, 0.15) is 84.5 Å². The molecule has 9 aromatic carbocycles. The molecule has 9 fully saturated rings. The van der Waals surface area contributed by atoms with Crippen LogP contribution in [0.5, 0.6) is 0 Å². The van der Waals surface area contributed by atoms with Crippen LogP contribution in [0, 0.1) is 127 Å². The summed E-state index contributed by atoms with van der Waals surface area (Å²) in [7, 11) is -16.2. The summed E-state index contributed by atoms with van der Waals surface area (Å²) in [6.07, 6.45) is 9.78. The molecule has 7 unspecified atom stereocenters. The van der Waals surface area contributed by atoms with E-state index >= 15 is 0 Å². The molecular weight excluding hydrogens is 1710 g/mol. The minimum atomic E-state index is -4.56. The van der Waals surface area contributed by atoms with Gasteiger partial charge in [0.15, 0.2) is 44.1 Å². The monoisotopic (exact) mass is 1780 g/mol. The van der Waals surface area contributed by atoms with Crippen LogP contribution in [0.2, 0.25) is 0 Å². The molecule has 9 aromatic rings. The van der Waals surface area contributed by atoms with Gasteiger partial charge in [-0.25, -0.2) is 77.9 Å². The van der Waals surface area contributed by atoms with E-state index in [1.807, 2.05) is 13.8 Å². The molecule has 1 aliphatic heterocycles. The summed E-state index contributed by atoms with van der Waals surface area (Å²) < 4.78 is 274. The van der Waals surface area contributed by atoms with E-state index in [-0.39, 0.29) is 53.2 Å². The standard InChI is InChI=1S/3C18H11F4S.C13H20O5S.C10H14O6S.C10H16O4S/c3*19-12-6-13(20)9-17(8-12)23(16-4-2-1-3-5-16)18-10-14(21)7-15(22)11-18;14-12(18-1-2-19(15,16)17)13-6-9-3-10(7-13)5-11(4-9)8-13;11-8(4-17(12,13)14)16-9-5-1-6-3-15-10(9)7(6)2-5;1-9(2)7-3-4-10(9,8(11)5-7)6-15(12,13)14/h3*1-11H;9-11H,1-8H2,(H,15,16,17);5-7,9-10H,1-4H2,(H,12,13,14);7H,3-6H2,1-2H3,(H,12,13,14)/q3*+1;;;/p-3. The van der Waals surface area contributed by atoms with Gasteiger partial charge in [0.1, 0.15) is 104 Å². The normalized spacial score (nSPS) is 23.6. The third kappa shape index (κ3) is 22.7. The Morgan fingerprint density at radius 3 is 1.06 bits per heavy atom. The van der Waals surface area contributed by atoms with Gasteiger partial charge in [-0.1, -0.05) is 68.4 Å². The van der Waals surface area contributed by atoms with Gasteiger partial charge in [0.25, 0.3) is 0 Å². The molecule has 15 nitrogen and oxygen atoms in total. The maximum absolute atomic E-state index is 13.6. The third-order valence-corrected chi connectivity index (χ3v) is 31.6. The first-order valence-electron chi connectivity index (χ1n) is 38.0. The van der Waals surface area contributed by atoms with Gasteiger partial charge in [0.05, 0.1) is 82.6 Å². The number of halogens is 12. The van der Waals surface area contributed by atoms with Crippen LogP contribution >= 0.6 is 0 Å². The number of Topliss-reactive ketones (excluding diaryl/α,β-unsaturated/α-hetero) is 1. The summed E-state index contributed by atoms with van der Waals surface area (Å²) in [5.41, 5.74) is -1.60. The number of hydrogen-bond donors (Lipinski definition) is 0. The second kappa shape index (κ2) is 37.7. The number of benzene rings is 9. The quantitative estimate of drug-likeness (QED) is 0.0335. The Kier molecular flexibility index (Phi) is 28.5. The van der Waals surface area contributed by atoms with E-state index < -0.39 is 161 Å². The molecule has 0 amide bonds. The average Bonchev–Trinajstić information content (AvgIpc) is 1.55. The highest BCUT2D eigenvalue weighted by Crippen LogP contribution is 2.65. The minimum Gasteiger partial charge on any atom is -0.748 e. The summed E-state index contributed by atoms with van der Waals surface area (Å²) >= 11 is 0. The van der Waals surface area contributed by atoms with E-state index in [9.17, 15) is 106 Å². The van der Waals surface area contributed by atoms with E-state index in [1.54, 1.807) is 91.0 Å². The van der Waals surface area contributed by atoms with Crippen LogP contribution in [-0.2, 0) is 91.6 Å². The van der Waals surface area contributed by atoms with Crippen molar-refractivity contribution in [1.29, 1.82) is 0 Å². The molecule has 1 saturated heterocycles. The van der Waals surface area contributed by atoms with Gasteiger partial charge in [-0.05, 0) is 147 Å². The van der Waals surface area contributed by atoms with Gasteiger partial charge in [-0.2, -0.15) is 0 Å². The lowest BCUT2D eigenvalue weighted by Gasteiger charge is -2.55. The molecule has 8 bridgehead atoms. The van der Waals surface area contributed by atoms with Crippen molar-refractivity contribution in [1.82, 2.24) is 0 Å². The van der Waals surface area contributed by atoms with E-state index in [4.69, 9.17) is 14.2 Å². The van der Waals surface area contributed by atoms with Gasteiger partial charge >= 0.3 is 11.9 Å². The Morgan fingerprint density at radius 2 is 0.775 bits per heavy atom. The molecule has 18 rings (SSSR count). The Balaban J connectivity index is 0.000000133. The Labute approximate surface area is 695 Å². The maximum atomic E-state index is 13.6. The van der Waals surface area contributed by atoms with E-state index in [2.05, 4.69) is 0 Å². The molecule has 120 heavy (non-hydrogen) atoms. The number of ether oxygens (including phenoxy) is 3. The molecule has 0 aromatic heterocycles. The SMILES string of the molecule is CC1(C)C2CCC1(CS(=O)(=O)[O-])C(=O)C2.Fc1cc(F)cc([S+](c2ccccc2)c2cc(F)cc(F)c2)c1.Fc1cc(F)cc([S+](c2ccccc2)c2cc(F)cc(F)c2)c1.Fc1cc(F)cc([S+](c2ccccc2)c2cc(F)cc(F)c2)c1.O=C(CS(=O)(=O)[O-])OC1C2CC3COC1C3C2.O=C(OCCS(=O)(=O)[O-])C12CC3CC(CC(C3)C1)C2. The highest BCUT2D eigenvalue weighted by Gasteiger charge is 2.65. The second-order valence-electron chi connectivity index (χ2n) is 31.6. The molecule has 0 radical (unpaired) electrons. The number of fused-ring (bicyclic) bond motifs is 3. The zero-order valence-electron chi connectivity index (χ0n) is 64.2. The third-order valence-electron chi connectivity index (χ3n) is 23.0. The number of rotatable bonds is 18.